The van der Waals surface area contributed by atoms with Crippen molar-refractivity contribution in [3.63, 3.8) is 0 Å². The van der Waals surface area contributed by atoms with Gasteiger partial charge in [0, 0.05) is 29.0 Å². The topological polar surface area (TPSA) is 74.0 Å². The Morgan fingerprint density at radius 3 is 2.59 bits per heavy atom. The largest absolute Gasteiger partial charge is 0.471 e. The number of benzene rings is 2. The molecule has 0 aliphatic rings. The molecule has 0 unspecified atom stereocenters. The smallest absolute Gasteiger partial charge is 0.272 e. The fourth-order valence-electron chi connectivity index (χ4n) is 3.41. The molecule has 0 bridgehead atoms. The normalized spacial score (nSPS) is 10.9. The summed E-state index contributed by atoms with van der Waals surface area (Å²) in [5, 5.41) is 12.6. The van der Waals surface area contributed by atoms with Crippen LogP contribution in [-0.4, -0.2) is 25.5 Å². The number of aryl methyl sites for hydroxylation is 2. The molecule has 0 atom stereocenters. The van der Waals surface area contributed by atoms with Crippen molar-refractivity contribution in [2.24, 2.45) is 0 Å². The van der Waals surface area contributed by atoms with Crippen LogP contribution in [-0.2, 0) is 13.3 Å². The first kappa shape index (κ1) is 21.6. The maximum Gasteiger partial charge on any atom is 0.272 e. The monoisotopic (exact) mass is 449 g/mol. The number of hydrogen-bond donors (Lipinski definition) is 1. The first-order valence-corrected chi connectivity index (χ1v) is 10.6. The van der Waals surface area contributed by atoms with E-state index in [1.807, 2.05) is 61.9 Å². The maximum absolute atomic E-state index is 12.6. The van der Waals surface area contributed by atoms with E-state index in [4.69, 9.17) is 16.3 Å². The lowest BCUT2D eigenvalue weighted by Crippen LogP contribution is -2.24. The first-order chi connectivity index (χ1) is 15.4. The van der Waals surface area contributed by atoms with Gasteiger partial charge in [0.15, 0.2) is 6.73 Å². The highest BCUT2D eigenvalue weighted by Crippen LogP contribution is 2.21. The molecule has 0 saturated heterocycles. The molecule has 0 spiro atoms. The predicted octanol–water partition coefficient (Wildman–Crippen LogP) is 4.61. The van der Waals surface area contributed by atoms with E-state index >= 15 is 0 Å². The van der Waals surface area contributed by atoms with Crippen LogP contribution in [0.3, 0.4) is 0 Å². The Morgan fingerprint density at radius 1 is 1.06 bits per heavy atom. The maximum atomic E-state index is 12.6. The van der Waals surface area contributed by atoms with Crippen LogP contribution in [0.2, 0.25) is 5.02 Å². The molecule has 164 valence electrons. The van der Waals surface area contributed by atoms with Gasteiger partial charge in [0.1, 0.15) is 11.4 Å². The van der Waals surface area contributed by atoms with Crippen LogP contribution >= 0.6 is 11.6 Å². The Labute approximate surface area is 191 Å². The molecule has 0 aliphatic heterocycles. The van der Waals surface area contributed by atoms with Crippen LogP contribution in [0.1, 0.15) is 33.0 Å². The number of ether oxygens (including phenoxy) is 1. The molecule has 32 heavy (non-hydrogen) atoms. The molecule has 0 aliphatic carbocycles. The number of halogens is 1. The van der Waals surface area contributed by atoms with E-state index in [1.54, 1.807) is 29.1 Å². The Kier molecular flexibility index (Phi) is 6.28. The third-order valence-electron chi connectivity index (χ3n) is 5.23. The van der Waals surface area contributed by atoms with Gasteiger partial charge >= 0.3 is 0 Å². The second-order valence-electron chi connectivity index (χ2n) is 7.50. The molecule has 4 rings (SSSR count). The average molecular weight is 450 g/mol. The number of carbonyl (C=O) groups is 1. The van der Waals surface area contributed by atoms with E-state index in [1.165, 1.54) is 0 Å². The molecule has 2 heterocycles. The van der Waals surface area contributed by atoms with Gasteiger partial charge in [-0.05, 0) is 62.7 Å². The Hall–Kier alpha value is -3.58. The zero-order chi connectivity index (χ0) is 22.7. The molecule has 1 N–H and O–H groups in total. The Bertz CT molecular complexity index is 1250. The van der Waals surface area contributed by atoms with Gasteiger partial charge in [0.2, 0.25) is 0 Å². The quantitative estimate of drug-likeness (QED) is 0.447. The molecular formula is C24H24ClN5O2. The highest BCUT2D eigenvalue weighted by molar-refractivity contribution is 6.31. The summed E-state index contributed by atoms with van der Waals surface area (Å²) < 4.78 is 9.19. The molecule has 4 aromatic rings. The molecule has 7 nitrogen and oxygen atoms in total. The highest BCUT2D eigenvalue weighted by Gasteiger charge is 2.15. The number of carbonyl (C=O) groups excluding carboxylic acids is 1. The van der Waals surface area contributed by atoms with Gasteiger partial charge in [0.05, 0.1) is 11.4 Å². The second-order valence-corrected chi connectivity index (χ2v) is 7.91. The first-order valence-electron chi connectivity index (χ1n) is 10.2. The lowest BCUT2D eigenvalue weighted by atomic mass is 10.2. The van der Waals surface area contributed by atoms with Gasteiger partial charge in [-0.1, -0.05) is 29.8 Å². The van der Waals surface area contributed by atoms with E-state index in [9.17, 15) is 4.79 Å². The minimum absolute atomic E-state index is 0.191. The fraction of sp³-hybridized carbons (Fsp3) is 0.208. The lowest BCUT2D eigenvalue weighted by molar-refractivity contribution is 0.0944. The number of para-hydroxylation sites is 1. The zero-order valence-electron chi connectivity index (χ0n) is 18.2. The van der Waals surface area contributed by atoms with Crippen molar-refractivity contribution in [3.8, 4) is 11.4 Å². The third-order valence-corrected chi connectivity index (χ3v) is 5.66. The summed E-state index contributed by atoms with van der Waals surface area (Å²) in [5.41, 5.74) is 5.11. The number of nitrogens with one attached hydrogen (secondary N) is 1. The zero-order valence-corrected chi connectivity index (χ0v) is 18.9. The summed E-state index contributed by atoms with van der Waals surface area (Å²) in [5.74, 6) is 0.437. The van der Waals surface area contributed by atoms with Crippen LogP contribution in [0.4, 0.5) is 0 Å². The standard InChI is InChI=1S/C24H24ClN5O2/c1-16-13-20(9-10-22(16)25)32-15-29-12-11-23(28-29)24(31)26-14-21-17(2)27-30(18(21)3)19-7-5-4-6-8-19/h4-13H,14-15H2,1-3H3,(H,26,31). The molecule has 1 amide bonds. The van der Waals surface area contributed by atoms with Crippen molar-refractivity contribution in [1.82, 2.24) is 24.9 Å². The van der Waals surface area contributed by atoms with E-state index in [0.29, 0.717) is 23.0 Å². The molecule has 0 saturated carbocycles. The van der Waals surface area contributed by atoms with Gasteiger partial charge in [-0.15, -0.1) is 0 Å². The van der Waals surface area contributed by atoms with Crippen LogP contribution in [0.25, 0.3) is 5.69 Å². The van der Waals surface area contributed by atoms with Gasteiger partial charge in [-0.2, -0.15) is 10.2 Å². The number of rotatable bonds is 7. The van der Waals surface area contributed by atoms with Gasteiger partial charge < -0.3 is 10.1 Å². The van der Waals surface area contributed by atoms with E-state index in [-0.39, 0.29) is 12.6 Å². The molecular weight excluding hydrogens is 426 g/mol. The fourth-order valence-corrected chi connectivity index (χ4v) is 3.53. The molecule has 2 aromatic heterocycles. The summed E-state index contributed by atoms with van der Waals surface area (Å²) in [4.78, 5) is 12.6. The summed E-state index contributed by atoms with van der Waals surface area (Å²) in [6, 6.07) is 17.0. The molecule has 2 aromatic carbocycles. The van der Waals surface area contributed by atoms with E-state index in [2.05, 4.69) is 15.5 Å². The van der Waals surface area contributed by atoms with Crippen LogP contribution in [0.5, 0.6) is 5.75 Å². The third kappa shape index (κ3) is 4.68. The molecule has 0 radical (unpaired) electrons. The predicted molar refractivity (Wildman–Crippen MR) is 123 cm³/mol. The summed E-state index contributed by atoms with van der Waals surface area (Å²) >= 11 is 6.04. The SMILES string of the molecule is Cc1cc(OCn2ccc(C(=O)NCc3c(C)nn(-c4ccccc4)c3C)n2)ccc1Cl. The van der Waals surface area contributed by atoms with E-state index < -0.39 is 0 Å². The van der Waals surface area contributed by atoms with Gasteiger partial charge in [0.25, 0.3) is 5.91 Å². The summed E-state index contributed by atoms with van der Waals surface area (Å²) in [6.07, 6.45) is 1.71. The average Bonchev–Trinajstić information content (AvgIpc) is 3.38. The number of aromatic nitrogens is 4. The number of nitrogens with zero attached hydrogens (tertiary/aromatic N) is 4. The van der Waals surface area contributed by atoms with Crippen molar-refractivity contribution in [1.29, 1.82) is 0 Å². The molecule has 0 fully saturated rings. The lowest BCUT2D eigenvalue weighted by Gasteiger charge is -2.08. The van der Waals surface area contributed by atoms with Crippen LogP contribution in [0.15, 0.2) is 60.8 Å². The van der Waals surface area contributed by atoms with Crippen molar-refractivity contribution < 1.29 is 9.53 Å². The Morgan fingerprint density at radius 2 is 1.84 bits per heavy atom. The minimum Gasteiger partial charge on any atom is -0.471 e. The summed E-state index contributed by atoms with van der Waals surface area (Å²) in [7, 11) is 0. The minimum atomic E-state index is -0.252. The molecule has 8 heteroatoms. The second kappa shape index (κ2) is 9.28. The Balaban J connectivity index is 1.37. The summed E-state index contributed by atoms with van der Waals surface area (Å²) in [6.45, 7) is 6.42. The van der Waals surface area contributed by atoms with E-state index in [0.717, 1.165) is 28.2 Å². The van der Waals surface area contributed by atoms with Gasteiger partial charge in [-0.3, -0.25) is 4.79 Å². The van der Waals surface area contributed by atoms with Crippen molar-refractivity contribution >= 4 is 17.5 Å². The van der Waals surface area contributed by atoms with Gasteiger partial charge in [-0.25, -0.2) is 9.36 Å². The van der Waals surface area contributed by atoms with Crippen molar-refractivity contribution in [3.05, 3.63) is 94.0 Å². The van der Waals surface area contributed by atoms with Crippen molar-refractivity contribution in [2.45, 2.75) is 34.0 Å². The van der Waals surface area contributed by atoms with Crippen LogP contribution in [0, 0.1) is 20.8 Å². The number of hydrogen-bond acceptors (Lipinski definition) is 4. The highest BCUT2D eigenvalue weighted by atomic mass is 35.5. The van der Waals surface area contributed by atoms with Crippen LogP contribution < -0.4 is 10.1 Å². The van der Waals surface area contributed by atoms with Crippen molar-refractivity contribution in [2.75, 3.05) is 0 Å². The number of amides is 1.